The van der Waals surface area contributed by atoms with Crippen LogP contribution in [0.4, 0.5) is 13.9 Å². The van der Waals surface area contributed by atoms with Crippen LogP contribution < -0.4 is 5.32 Å². The van der Waals surface area contributed by atoms with E-state index in [0.717, 1.165) is 29.7 Å². The Morgan fingerprint density at radius 2 is 1.93 bits per heavy atom. The van der Waals surface area contributed by atoms with Gasteiger partial charge >= 0.3 is 0 Å². The lowest BCUT2D eigenvalue weighted by Crippen LogP contribution is -2.11. The van der Waals surface area contributed by atoms with E-state index in [1.54, 1.807) is 31.2 Å². The zero-order valence-electron chi connectivity index (χ0n) is 14.4. The maximum Gasteiger partial charge on any atom is 0.257 e. The molecule has 4 rings (SSSR count). The van der Waals surface area contributed by atoms with Gasteiger partial charge in [0, 0.05) is 23.2 Å². The predicted octanol–water partition coefficient (Wildman–Crippen LogP) is 3.62. The number of anilines is 1. The topological polar surface area (TPSA) is 85.6 Å². The van der Waals surface area contributed by atoms with Gasteiger partial charge in [0.1, 0.15) is 17.3 Å². The van der Waals surface area contributed by atoms with Gasteiger partial charge in [0.25, 0.3) is 5.91 Å². The van der Waals surface area contributed by atoms with Gasteiger partial charge in [-0.1, -0.05) is 23.4 Å². The summed E-state index contributed by atoms with van der Waals surface area (Å²) in [6.45, 7) is 1.64. The number of nitrogens with zero attached hydrogens (tertiary/aromatic N) is 5. The minimum absolute atomic E-state index is 0.0657. The van der Waals surface area contributed by atoms with E-state index in [-0.39, 0.29) is 22.6 Å². The van der Waals surface area contributed by atoms with E-state index in [9.17, 15) is 13.6 Å². The molecule has 0 aliphatic carbocycles. The monoisotopic (exact) mass is 398 g/mol. The van der Waals surface area contributed by atoms with Crippen molar-refractivity contribution in [3.8, 4) is 17.2 Å². The Morgan fingerprint density at radius 3 is 2.71 bits per heavy atom. The summed E-state index contributed by atoms with van der Waals surface area (Å²) >= 11 is 0.983. The first-order valence-electron chi connectivity index (χ1n) is 8.11. The maximum absolute atomic E-state index is 14.0. The minimum Gasteiger partial charge on any atom is -0.297 e. The third-order valence-corrected chi connectivity index (χ3v) is 4.56. The molecule has 4 aromatic rings. The number of carbonyl (C=O) groups is 1. The molecule has 10 heteroatoms. The van der Waals surface area contributed by atoms with Crippen molar-refractivity contribution in [1.82, 2.24) is 24.4 Å². The molecular formula is C18H12F2N6OS. The minimum atomic E-state index is -0.636. The normalized spacial score (nSPS) is 10.8. The van der Waals surface area contributed by atoms with Gasteiger partial charge in [-0.05, 0) is 31.2 Å². The molecule has 0 atom stereocenters. The molecule has 2 aromatic heterocycles. The smallest absolute Gasteiger partial charge is 0.257 e. The van der Waals surface area contributed by atoms with Crippen molar-refractivity contribution in [1.29, 1.82) is 0 Å². The highest BCUT2D eigenvalue weighted by Gasteiger charge is 2.19. The molecule has 0 fully saturated rings. The lowest BCUT2D eigenvalue weighted by Gasteiger charge is -2.04. The third kappa shape index (κ3) is 3.37. The number of carbonyl (C=O) groups excluding carboxylic acids is 1. The van der Waals surface area contributed by atoms with Gasteiger partial charge in [-0.15, -0.1) is 5.10 Å². The largest absolute Gasteiger partial charge is 0.297 e. The van der Waals surface area contributed by atoms with Crippen LogP contribution in [-0.4, -0.2) is 30.3 Å². The molecule has 28 heavy (non-hydrogen) atoms. The molecule has 0 bridgehead atoms. The molecule has 7 nitrogen and oxygen atoms in total. The summed E-state index contributed by atoms with van der Waals surface area (Å²) in [6, 6.07) is 11.8. The van der Waals surface area contributed by atoms with Crippen molar-refractivity contribution >= 4 is 22.6 Å². The van der Waals surface area contributed by atoms with Gasteiger partial charge in [-0.2, -0.15) is 9.36 Å². The molecule has 0 aliphatic heterocycles. The molecule has 0 unspecified atom stereocenters. The van der Waals surface area contributed by atoms with Crippen molar-refractivity contribution in [2.45, 2.75) is 6.92 Å². The van der Waals surface area contributed by atoms with Crippen molar-refractivity contribution in [3.63, 3.8) is 0 Å². The first-order valence-corrected chi connectivity index (χ1v) is 8.88. The lowest BCUT2D eigenvalue weighted by molar-refractivity contribution is 0.102. The van der Waals surface area contributed by atoms with E-state index in [0.29, 0.717) is 17.0 Å². The van der Waals surface area contributed by atoms with Crippen LogP contribution in [0.25, 0.3) is 17.2 Å². The van der Waals surface area contributed by atoms with Gasteiger partial charge in [0.2, 0.25) is 5.13 Å². The number of nitrogens with one attached hydrogen (secondary N) is 1. The Labute approximate surface area is 161 Å². The summed E-state index contributed by atoms with van der Waals surface area (Å²) in [7, 11) is 0. The second-order valence-corrected chi connectivity index (χ2v) is 6.53. The number of amides is 1. The Balaban J connectivity index is 1.60. The van der Waals surface area contributed by atoms with Gasteiger partial charge in [-0.3, -0.25) is 10.1 Å². The zero-order valence-corrected chi connectivity index (χ0v) is 15.2. The third-order valence-electron chi connectivity index (χ3n) is 3.93. The van der Waals surface area contributed by atoms with Crippen LogP contribution in [0.1, 0.15) is 16.1 Å². The highest BCUT2D eigenvalue weighted by Crippen LogP contribution is 2.25. The maximum atomic E-state index is 14.0. The van der Waals surface area contributed by atoms with Crippen LogP contribution in [0.5, 0.6) is 0 Å². The Morgan fingerprint density at radius 1 is 1.14 bits per heavy atom. The number of benzene rings is 2. The SMILES string of the molecule is Cc1c(-c2nsc(NC(=O)c3ccccc3)n2)nnn1-c1cc(F)ccc1F. The fourth-order valence-corrected chi connectivity index (χ4v) is 3.11. The van der Waals surface area contributed by atoms with Crippen LogP contribution in [0.2, 0.25) is 0 Å². The number of hydrogen-bond donors (Lipinski definition) is 1. The summed E-state index contributed by atoms with van der Waals surface area (Å²) in [4.78, 5) is 16.4. The zero-order chi connectivity index (χ0) is 19.7. The molecule has 140 valence electrons. The highest BCUT2D eigenvalue weighted by molar-refractivity contribution is 7.10. The average Bonchev–Trinajstić information content (AvgIpc) is 3.31. The average molecular weight is 398 g/mol. The van der Waals surface area contributed by atoms with Crippen LogP contribution >= 0.6 is 11.5 Å². The van der Waals surface area contributed by atoms with Crippen molar-refractivity contribution in [3.05, 3.63) is 71.4 Å². The van der Waals surface area contributed by atoms with Crippen molar-refractivity contribution in [2.24, 2.45) is 0 Å². The Kier molecular flexibility index (Phi) is 4.62. The standard InChI is InChI=1S/C18H12F2N6OS/c1-10-15(23-25-26(10)14-9-12(19)7-8-13(14)20)16-21-18(28-24-16)22-17(27)11-5-3-2-4-6-11/h2-9H,1H3,(H,21,22,24,27). The number of rotatable bonds is 4. The van der Waals surface area contributed by atoms with Gasteiger partial charge in [0.15, 0.2) is 11.5 Å². The second-order valence-electron chi connectivity index (χ2n) is 5.77. The highest BCUT2D eigenvalue weighted by atomic mass is 32.1. The predicted molar refractivity (Wildman–Crippen MR) is 99.3 cm³/mol. The van der Waals surface area contributed by atoms with Crippen LogP contribution in [-0.2, 0) is 0 Å². The van der Waals surface area contributed by atoms with E-state index in [1.807, 2.05) is 6.07 Å². The first-order chi connectivity index (χ1) is 13.5. The summed E-state index contributed by atoms with van der Waals surface area (Å²) < 4.78 is 32.8. The number of aromatic nitrogens is 5. The summed E-state index contributed by atoms with van der Waals surface area (Å²) in [5.41, 5.74) is 1.16. The molecule has 2 heterocycles. The van der Waals surface area contributed by atoms with E-state index < -0.39 is 11.6 Å². The van der Waals surface area contributed by atoms with Gasteiger partial charge in [-0.25, -0.2) is 13.5 Å². The van der Waals surface area contributed by atoms with Gasteiger partial charge in [0.05, 0.1) is 5.69 Å². The number of halogens is 2. The molecule has 1 amide bonds. The van der Waals surface area contributed by atoms with Crippen molar-refractivity contribution in [2.75, 3.05) is 5.32 Å². The Bertz CT molecular complexity index is 1160. The van der Waals surface area contributed by atoms with E-state index >= 15 is 0 Å². The molecular weight excluding hydrogens is 386 g/mol. The quantitative estimate of drug-likeness (QED) is 0.567. The van der Waals surface area contributed by atoms with Crippen LogP contribution in [0.3, 0.4) is 0 Å². The van der Waals surface area contributed by atoms with E-state index in [1.165, 1.54) is 4.68 Å². The van der Waals surface area contributed by atoms with Crippen molar-refractivity contribution < 1.29 is 13.6 Å². The fraction of sp³-hybridized carbons (Fsp3) is 0.0556. The van der Waals surface area contributed by atoms with Gasteiger partial charge < -0.3 is 0 Å². The lowest BCUT2D eigenvalue weighted by atomic mass is 10.2. The Hall–Kier alpha value is -3.53. The summed E-state index contributed by atoms with van der Waals surface area (Å²) in [6.07, 6.45) is 0. The summed E-state index contributed by atoms with van der Waals surface area (Å²) in [5, 5.41) is 10.8. The molecule has 1 N–H and O–H groups in total. The fourth-order valence-electron chi connectivity index (χ4n) is 2.54. The molecule has 0 saturated carbocycles. The van der Waals surface area contributed by atoms with E-state index in [4.69, 9.17) is 0 Å². The van der Waals surface area contributed by atoms with Crippen LogP contribution in [0.15, 0.2) is 48.5 Å². The van der Waals surface area contributed by atoms with Crippen LogP contribution in [0, 0.1) is 18.6 Å². The molecule has 0 saturated heterocycles. The molecule has 0 radical (unpaired) electrons. The molecule has 0 spiro atoms. The van der Waals surface area contributed by atoms with E-state index in [2.05, 4.69) is 25.0 Å². The number of hydrogen-bond acceptors (Lipinski definition) is 6. The second kappa shape index (κ2) is 7.24. The summed E-state index contributed by atoms with van der Waals surface area (Å²) in [5.74, 6) is -1.31. The molecule has 0 aliphatic rings. The molecule has 2 aromatic carbocycles. The first kappa shape index (κ1) is 17.9.